The highest BCUT2D eigenvalue weighted by molar-refractivity contribution is 5.81. The first-order valence-electron chi connectivity index (χ1n) is 8.31. The molecule has 1 saturated heterocycles. The molecule has 0 radical (unpaired) electrons. The van der Waals surface area contributed by atoms with Crippen molar-refractivity contribution in [2.75, 3.05) is 33.3 Å². The van der Waals surface area contributed by atoms with E-state index in [4.69, 9.17) is 4.74 Å². The van der Waals surface area contributed by atoms with Crippen molar-refractivity contribution >= 4 is 11.9 Å². The summed E-state index contributed by atoms with van der Waals surface area (Å²) in [6, 6.07) is 10.6. The molecule has 0 amide bonds. The second-order valence-electron chi connectivity index (χ2n) is 5.96. The van der Waals surface area contributed by atoms with Crippen molar-refractivity contribution in [1.29, 1.82) is 0 Å². The molecule has 0 spiro atoms. The van der Waals surface area contributed by atoms with Crippen LogP contribution in [0.15, 0.2) is 35.3 Å². The van der Waals surface area contributed by atoms with Crippen molar-refractivity contribution in [3.63, 3.8) is 0 Å². The fourth-order valence-electron chi connectivity index (χ4n) is 2.87. The lowest BCUT2D eigenvalue weighted by Crippen LogP contribution is -2.40. The van der Waals surface area contributed by atoms with Crippen LogP contribution in [0.2, 0.25) is 0 Å². The maximum Gasteiger partial charge on any atom is 0.310 e. The molecule has 5 heteroatoms. The molecule has 1 fully saturated rings. The fourth-order valence-corrected chi connectivity index (χ4v) is 2.87. The Bertz CT molecular complexity index is 530. The van der Waals surface area contributed by atoms with E-state index < -0.39 is 0 Å². The van der Waals surface area contributed by atoms with Gasteiger partial charge in [0.1, 0.15) is 0 Å². The molecule has 1 aromatic rings. The summed E-state index contributed by atoms with van der Waals surface area (Å²) in [6.45, 7) is 7.11. The minimum absolute atomic E-state index is 0.215. The van der Waals surface area contributed by atoms with Crippen LogP contribution in [0.3, 0.4) is 0 Å². The van der Waals surface area contributed by atoms with E-state index in [9.17, 15) is 4.79 Å². The first-order chi connectivity index (χ1) is 11.2. The predicted octanol–water partition coefficient (Wildman–Crippen LogP) is 2.25. The lowest BCUT2D eigenvalue weighted by molar-refractivity contribution is -0.144. The highest BCUT2D eigenvalue weighted by Crippen LogP contribution is 2.26. The minimum Gasteiger partial charge on any atom is -0.469 e. The molecule has 23 heavy (non-hydrogen) atoms. The molecule has 0 bridgehead atoms. The number of hydrogen-bond donors (Lipinski definition) is 1. The van der Waals surface area contributed by atoms with Gasteiger partial charge in [-0.05, 0) is 18.9 Å². The first kappa shape index (κ1) is 17.3. The Balaban J connectivity index is 2.00. The van der Waals surface area contributed by atoms with Crippen molar-refractivity contribution in [1.82, 2.24) is 10.2 Å². The highest BCUT2D eigenvalue weighted by Gasteiger charge is 2.26. The standard InChI is InChI=1S/C18H27N3O2/c1-4-19-18(20-12-14(2)17(22)23-3)21-11-10-16(13-21)15-8-6-5-7-9-15/h5-9,14,16H,4,10-13H2,1-3H3,(H,19,20). The predicted molar refractivity (Wildman–Crippen MR) is 92.5 cm³/mol. The molecule has 0 aliphatic carbocycles. The van der Waals surface area contributed by atoms with Crippen molar-refractivity contribution in [3.8, 4) is 0 Å². The van der Waals surface area contributed by atoms with Gasteiger partial charge in [0, 0.05) is 25.6 Å². The summed E-state index contributed by atoms with van der Waals surface area (Å²) < 4.78 is 4.76. The highest BCUT2D eigenvalue weighted by atomic mass is 16.5. The Hall–Kier alpha value is -2.04. The van der Waals surface area contributed by atoms with Gasteiger partial charge >= 0.3 is 5.97 Å². The summed E-state index contributed by atoms with van der Waals surface area (Å²) >= 11 is 0. The molecule has 1 heterocycles. The van der Waals surface area contributed by atoms with E-state index in [2.05, 4.69) is 52.5 Å². The second-order valence-corrected chi connectivity index (χ2v) is 5.96. The van der Waals surface area contributed by atoms with Crippen LogP contribution >= 0.6 is 0 Å². The molecular formula is C18H27N3O2. The average molecular weight is 317 g/mol. The molecular weight excluding hydrogens is 290 g/mol. The number of rotatable bonds is 5. The van der Waals surface area contributed by atoms with Crippen LogP contribution in [0.5, 0.6) is 0 Å². The molecule has 126 valence electrons. The van der Waals surface area contributed by atoms with Gasteiger partial charge in [-0.1, -0.05) is 37.3 Å². The van der Waals surface area contributed by atoms with Crippen molar-refractivity contribution < 1.29 is 9.53 Å². The Morgan fingerprint density at radius 3 is 2.83 bits per heavy atom. The summed E-state index contributed by atoms with van der Waals surface area (Å²) in [5, 5.41) is 3.33. The van der Waals surface area contributed by atoms with Gasteiger partial charge in [0.05, 0.1) is 19.6 Å². The maximum absolute atomic E-state index is 11.5. The smallest absolute Gasteiger partial charge is 0.310 e. The van der Waals surface area contributed by atoms with Crippen LogP contribution in [-0.4, -0.2) is 50.1 Å². The van der Waals surface area contributed by atoms with E-state index >= 15 is 0 Å². The van der Waals surface area contributed by atoms with Crippen molar-refractivity contribution in [2.45, 2.75) is 26.2 Å². The molecule has 1 N–H and O–H groups in total. The third-order valence-electron chi connectivity index (χ3n) is 4.21. The van der Waals surface area contributed by atoms with Gasteiger partial charge in [-0.2, -0.15) is 0 Å². The molecule has 1 aromatic carbocycles. The lowest BCUT2D eigenvalue weighted by atomic mass is 9.99. The quantitative estimate of drug-likeness (QED) is 0.514. The zero-order valence-corrected chi connectivity index (χ0v) is 14.3. The third kappa shape index (κ3) is 4.71. The van der Waals surface area contributed by atoms with E-state index in [0.29, 0.717) is 12.5 Å². The molecule has 0 saturated carbocycles. The van der Waals surface area contributed by atoms with E-state index in [0.717, 1.165) is 32.0 Å². The van der Waals surface area contributed by atoms with Gasteiger partial charge in [0.2, 0.25) is 0 Å². The number of nitrogens with one attached hydrogen (secondary N) is 1. The summed E-state index contributed by atoms with van der Waals surface area (Å²) in [4.78, 5) is 18.4. The minimum atomic E-state index is -0.221. The largest absolute Gasteiger partial charge is 0.469 e. The topological polar surface area (TPSA) is 53.9 Å². The zero-order valence-electron chi connectivity index (χ0n) is 14.3. The monoisotopic (exact) mass is 317 g/mol. The SMILES string of the molecule is CCNC(=NCC(C)C(=O)OC)N1CCC(c2ccccc2)C1. The second kappa shape index (κ2) is 8.56. The summed E-state index contributed by atoms with van der Waals surface area (Å²) in [5.74, 6) is 0.995. The van der Waals surface area contributed by atoms with Gasteiger partial charge in [0.25, 0.3) is 0 Å². The molecule has 5 nitrogen and oxygen atoms in total. The van der Waals surface area contributed by atoms with Crippen LogP contribution in [-0.2, 0) is 9.53 Å². The number of esters is 1. The maximum atomic E-state index is 11.5. The summed E-state index contributed by atoms with van der Waals surface area (Å²) in [5.41, 5.74) is 1.38. The Morgan fingerprint density at radius 2 is 2.17 bits per heavy atom. The van der Waals surface area contributed by atoms with Gasteiger partial charge in [0.15, 0.2) is 5.96 Å². The van der Waals surface area contributed by atoms with Crippen molar-refractivity contribution in [2.24, 2.45) is 10.9 Å². The van der Waals surface area contributed by atoms with Gasteiger partial charge < -0.3 is 15.0 Å². The Morgan fingerprint density at radius 1 is 1.43 bits per heavy atom. The normalized spacial score (nSPS) is 19.5. The van der Waals surface area contributed by atoms with E-state index in [1.807, 2.05) is 6.92 Å². The van der Waals surface area contributed by atoms with Gasteiger partial charge in [-0.25, -0.2) is 0 Å². The van der Waals surface area contributed by atoms with Crippen LogP contribution in [0.25, 0.3) is 0 Å². The van der Waals surface area contributed by atoms with E-state index in [1.165, 1.54) is 12.7 Å². The summed E-state index contributed by atoms with van der Waals surface area (Å²) in [6.07, 6.45) is 1.13. The number of likely N-dealkylation sites (tertiary alicyclic amines) is 1. The van der Waals surface area contributed by atoms with Crippen molar-refractivity contribution in [3.05, 3.63) is 35.9 Å². The number of benzene rings is 1. The molecule has 2 atom stereocenters. The Labute approximate surface area is 138 Å². The van der Waals surface area contributed by atoms with Crippen LogP contribution < -0.4 is 5.32 Å². The molecule has 2 rings (SSSR count). The number of guanidine groups is 1. The molecule has 0 aromatic heterocycles. The number of aliphatic imine (C=N–C) groups is 1. The number of ether oxygens (including phenoxy) is 1. The first-order valence-corrected chi connectivity index (χ1v) is 8.31. The van der Waals surface area contributed by atoms with Crippen LogP contribution in [0.1, 0.15) is 31.7 Å². The van der Waals surface area contributed by atoms with Crippen LogP contribution in [0.4, 0.5) is 0 Å². The fraction of sp³-hybridized carbons (Fsp3) is 0.556. The zero-order chi connectivity index (χ0) is 16.7. The van der Waals surface area contributed by atoms with Crippen LogP contribution in [0, 0.1) is 5.92 Å². The molecule has 2 unspecified atom stereocenters. The molecule has 1 aliphatic heterocycles. The Kier molecular flexibility index (Phi) is 6.44. The number of nitrogens with zero attached hydrogens (tertiary/aromatic N) is 2. The number of methoxy groups -OCH3 is 1. The number of hydrogen-bond acceptors (Lipinski definition) is 3. The van der Waals surface area contributed by atoms with Gasteiger partial charge in [-0.3, -0.25) is 9.79 Å². The summed E-state index contributed by atoms with van der Waals surface area (Å²) in [7, 11) is 1.42. The number of carbonyl (C=O) groups excluding carboxylic acids is 1. The average Bonchev–Trinajstić information content (AvgIpc) is 3.08. The van der Waals surface area contributed by atoms with E-state index in [1.54, 1.807) is 0 Å². The third-order valence-corrected chi connectivity index (χ3v) is 4.21. The van der Waals surface area contributed by atoms with E-state index in [-0.39, 0.29) is 11.9 Å². The molecule has 1 aliphatic rings. The van der Waals surface area contributed by atoms with Gasteiger partial charge in [-0.15, -0.1) is 0 Å². The lowest BCUT2D eigenvalue weighted by Gasteiger charge is -2.22. The number of carbonyl (C=O) groups is 1.